The molecule has 0 bridgehead atoms. The molecule has 0 radical (unpaired) electrons. The SMILES string of the molecule is COc1ccc(C(=O)NCC(=O)N/N=C/c2ccc([N+](=O)[O-])c(O)c2)cc1OC. The van der Waals surface area contributed by atoms with Crippen molar-refractivity contribution in [2.45, 2.75) is 0 Å². The van der Waals surface area contributed by atoms with Gasteiger partial charge in [-0.15, -0.1) is 0 Å². The fraction of sp³-hybridized carbons (Fsp3) is 0.167. The van der Waals surface area contributed by atoms with Gasteiger partial charge in [0.1, 0.15) is 0 Å². The largest absolute Gasteiger partial charge is 0.502 e. The number of benzene rings is 2. The lowest BCUT2D eigenvalue weighted by atomic mass is 10.2. The summed E-state index contributed by atoms with van der Waals surface area (Å²) in [4.78, 5) is 33.8. The van der Waals surface area contributed by atoms with Crippen LogP contribution in [0.5, 0.6) is 17.2 Å². The Kier molecular flexibility index (Phi) is 7.07. The van der Waals surface area contributed by atoms with Crippen LogP contribution in [0.3, 0.4) is 0 Å². The molecule has 0 aromatic heterocycles. The number of carbonyl (C=O) groups excluding carboxylic acids is 2. The molecule has 11 nitrogen and oxygen atoms in total. The van der Waals surface area contributed by atoms with Gasteiger partial charge in [-0.05, 0) is 35.9 Å². The summed E-state index contributed by atoms with van der Waals surface area (Å²) in [5.74, 6) is -0.770. The number of phenolic OH excluding ortho intramolecular Hbond substituents is 1. The zero-order valence-electron chi connectivity index (χ0n) is 15.5. The molecule has 2 amide bonds. The zero-order valence-corrected chi connectivity index (χ0v) is 15.5. The number of hydrogen-bond acceptors (Lipinski definition) is 8. The fourth-order valence-corrected chi connectivity index (χ4v) is 2.23. The van der Waals surface area contributed by atoms with Crippen molar-refractivity contribution < 1.29 is 29.1 Å². The van der Waals surface area contributed by atoms with Crippen LogP contribution >= 0.6 is 0 Å². The molecule has 0 aliphatic carbocycles. The first kappa shape index (κ1) is 21.2. The Labute approximate surface area is 165 Å². The Morgan fingerprint density at radius 1 is 1.17 bits per heavy atom. The summed E-state index contributed by atoms with van der Waals surface area (Å²) in [6.07, 6.45) is 1.19. The van der Waals surface area contributed by atoms with Crippen LogP contribution in [0.15, 0.2) is 41.5 Å². The Hall–Kier alpha value is -4.15. The second-order valence-electron chi connectivity index (χ2n) is 5.55. The first-order chi connectivity index (χ1) is 13.8. The number of carbonyl (C=O) groups is 2. The number of nitrogens with one attached hydrogen (secondary N) is 2. The van der Waals surface area contributed by atoms with Crippen molar-refractivity contribution in [1.82, 2.24) is 10.7 Å². The number of aromatic hydroxyl groups is 1. The summed E-state index contributed by atoms with van der Waals surface area (Å²) in [6, 6.07) is 8.16. The van der Waals surface area contributed by atoms with E-state index >= 15 is 0 Å². The highest BCUT2D eigenvalue weighted by molar-refractivity contribution is 5.97. The van der Waals surface area contributed by atoms with Gasteiger partial charge in [0.2, 0.25) is 0 Å². The number of amides is 2. The Morgan fingerprint density at radius 2 is 1.90 bits per heavy atom. The number of methoxy groups -OCH3 is 2. The molecule has 0 saturated carbocycles. The highest BCUT2D eigenvalue weighted by Gasteiger charge is 2.13. The van der Waals surface area contributed by atoms with Crippen LogP contribution in [0.4, 0.5) is 5.69 Å². The number of nitro groups is 1. The van der Waals surface area contributed by atoms with Gasteiger partial charge in [-0.25, -0.2) is 5.43 Å². The summed E-state index contributed by atoms with van der Waals surface area (Å²) in [7, 11) is 2.91. The van der Waals surface area contributed by atoms with Gasteiger partial charge >= 0.3 is 5.69 Å². The van der Waals surface area contributed by atoms with E-state index in [0.29, 0.717) is 17.1 Å². The topological polar surface area (TPSA) is 152 Å². The molecular formula is C18H18N4O7. The van der Waals surface area contributed by atoms with E-state index < -0.39 is 28.2 Å². The first-order valence-electron chi connectivity index (χ1n) is 8.15. The highest BCUT2D eigenvalue weighted by atomic mass is 16.6. The highest BCUT2D eigenvalue weighted by Crippen LogP contribution is 2.27. The number of hydrazone groups is 1. The molecule has 11 heteroatoms. The molecule has 0 aliphatic heterocycles. The van der Waals surface area contributed by atoms with E-state index in [1.807, 2.05) is 0 Å². The van der Waals surface area contributed by atoms with E-state index in [9.17, 15) is 24.8 Å². The molecule has 2 aromatic rings. The fourth-order valence-electron chi connectivity index (χ4n) is 2.23. The van der Waals surface area contributed by atoms with Crippen LogP contribution in [0.25, 0.3) is 0 Å². The molecule has 0 heterocycles. The molecule has 29 heavy (non-hydrogen) atoms. The second kappa shape index (κ2) is 9.69. The van der Waals surface area contributed by atoms with E-state index in [-0.39, 0.29) is 12.1 Å². The van der Waals surface area contributed by atoms with Crippen molar-refractivity contribution in [3.8, 4) is 17.2 Å². The van der Waals surface area contributed by atoms with Crippen molar-refractivity contribution in [2.75, 3.05) is 20.8 Å². The Balaban J connectivity index is 1.88. The van der Waals surface area contributed by atoms with Crippen LogP contribution in [0.1, 0.15) is 15.9 Å². The van der Waals surface area contributed by atoms with Crippen LogP contribution in [-0.4, -0.2) is 48.8 Å². The lowest BCUT2D eigenvalue weighted by molar-refractivity contribution is -0.385. The van der Waals surface area contributed by atoms with Crippen molar-refractivity contribution in [3.63, 3.8) is 0 Å². The van der Waals surface area contributed by atoms with Crippen molar-refractivity contribution in [1.29, 1.82) is 0 Å². The zero-order chi connectivity index (χ0) is 21.4. The third-order valence-electron chi connectivity index (χ3n) is 3.65. The molecular weight excluding hydrogens is 384 g/mol. The van der Waals surface area contributed by atoms with Gasteiger partial charge in [0, 0.05) is 11.6 Å². The van der Waals surface area contributed by atoms with E-state index in [1.165, 1.54) is 38.6 Å². The van der Waals surface area contributed by atoms with Gasteiger partial charge in [0.05, 0.1) is 31.9 Å². The summed E-state index contributed by atoms with van der Waals surface area (Å²) < 4.78 is 10.2. The number of rotatable bonds is 8. The average molecular weight is 402 g/mol. The summed E-state index contributed by atoms with van der Waals surface area (Å²) >= 11 is 0. The van der Waals surface area contributed by atoms with E-state index in [2.05, 4.69) is 15.8 Å². The van der Waals surface area contributed by atoms with Gasteiger partial charge in [-0.2, -0.15) is 5.10 Å². The van der Waals surface area contributed by atoms with Crippen LogP contribution in [0, 0.1) is 10.1 Å². The number of ether oxygens (including phenoxy) is 2. The third kappa shape index (κ3) is 5.66. The quantitative estimate of drug-likeness (QED) is 0.341. The van der Waals surface area contributed by atoms with E-state index in [1.54, 1.807) is 6.07 Å². The van der Waals surface area contributed by atoms with E-state index in [4.69, 9.17) is 9.47 Å². The lowest BCUT2D eigenvalue weighted by Crippen LogP contribution is -2.34. The third-order valence-corrected chi connectivity index (χ3v) is 3.65. The maximum atomic E-state index is 12.1. The molecule has 0 spiro atoms. The monoisotopic (exact) mass is 402 g/mol. The predicted octanol–water partition coefficient (Wildman–Crippen LogP) is 1.20. The molecule has 152 valence electrons. The molecule has 0 fully saturated rings. The average Bonchev–Trinajstić information content (AvgIpc) is 2.71. The smallest absolute Gasteiger partial charge is 0.310 e. The van der Waals surface area contributed by atoms with Gasteiger partial charge in [-0.1, -0.05) is 0 Å². The summed E-state index contributed by atoms with van der Waals surface area (Å²) in [5.41, 5.74) is 2.36. The molecule has 2 rings (SSSR count). The minimum absolute atomic E-state index is 0.278. The molecule has 0 saturated heterocycles. The van der Waals surface area contributed by atoms with Crippen LogP contribution < -0.4 is 20.2 Å². The molecule has 3 N–H and O–H groups in total. The minimum atomic E-state index is -0.723. The number of hydrogen-bond donors (Lipinski definition) is 3. The summed E-state index contributed by atoms with van der Waals surface area (Å²) in [6.45, 7) is -0.337. The predicted molar refractivity (Wildman–Crippen MR) is 102 cm³/mol. The Morgan fingerprint density at radius 3 is 2.52 bits per heavy atom. The first-order valence-corrected chi connectivity index (χ1v) is 8.15. The maximum Gasteiger partial charge on any atom is 0.310 e. The molecule has 0 atom stereocenters. The minimum Gasteiger partial charge on any atom is -0.502 e. The van der Waals surface area contributed by atoms with E-state index in [0.717, 1.165) is 12.1 Å². The maximum absolute atomic E-state index is 12.1. The van der Waals surface area contributed by atoms with Crippen molar-refractivity contribution >= 4 is 23.7 Å². The van der Waals surface area contributed by atoms with Gasteiger partial charge in [0.25, 0.3) is 11.8 Å². The van der Waals surface area contributed by atoms with Gasteiger partial charge in [-0.3, -0.25) is 19.7 Å². The van der Waals surface area contributed by atoms with Gasteiger partial charge < -0.3 is 19.9 Å². The van der Waals surface area contributed by atoms with Crippen molar-refractivity contribution in [2.24, 2.45) is 5.10 Å². The second-order valence-corrected chi connectivity index (χ2v) is 5.55. The van der Waals surface area contributed by atoms with Crippen LogP contribution in [0.2, 0.25) is 0 Å². The molecule has 0 unspecified atom stereocenters. The number of nitro benzene ring substituents is 1. The van der Waals surface area contributed by atoms with Gasteiger partial charge in [0.15, 0.2) is 17.2 Å². The summed E-state index contributed by atoms with van der Waals surface area (Å²) in [5, 5.41) is 26.3. The number of nitrogens with zero attached hydrogens (tertiary/aromatic N) is 2. The normalized spacial score (nSPS) is 10.4. The molecule has 2 aromatic carbocycles. The lowest BCUT2D eigenvalue weighted by Gasteiger charge is -2.09. The van der Waals surface area contributed by atoms with Crippen molar-refractivity contribution in [3.05, 3.63) is 57.6 Å². The molecule has 0 aliphatic rings. The number of phenols is 1. The Bertz CT molecular complexity index is 959. The van der Waals surface area contributed by atoms with Crippen LogP contribution in [-0.2, 0) is 4.79 Å². The standard InChI is InChI=1S/C18H18N4O7/c1-28-15-6-4-12(8-16(15)29-2)18(25)19-10-17(24)21-20-9-11-3-5-13(22(26)27)14(23)7-11/h3-9,23H,10H2,1-2H3,(H,19,25)(H,21,24)/b20-9+.